The molecule has 10 heteroatoms. The van der Waals surface area contributed by atoms with Gasteiger partial charge >= 0.3 is 0 Å². The summed E-state index contributed by atoms with van der Waals surface area (Å²) in [5, 5.41) is 0.502. The molecule has 1 heterocycles. The topological polar surface area (TPSA) is 82.6 Å². The van der Waals surface area contributed by atoms with Crippen molar-refractivity contribution >= 4 is 51.0 Å². The van der Waals surface area contributed by atoms with Crippen LogP contribution in [-0.2, 0) is 11.0 Å². The van der Waals surface area contributed by atoms with Crippen molar-refractivity contribution < 1.29 is 18.4 Å². The highest BCUT2D eigenvalue weighted by atomic mass is 35.5. The van der Waals surface area contributed by atoms with Gasteiger partial charge in [-0.15, -0.1) is 0 Å². The lowest BCUT2D eigenvalue weighted by Gasteiger charge is -2.13. The summed E-state index contributed by atoms with van der Waals surface area (Å²) in [6.07, 6.45) is 0. The molecule has 142 valence electrons. The van der Waals surface area contributed by atoms with Gasteiger partial charge in [0.1, 0.15) is 0 Å². The Bertz CT molecular complexity index is 1030. The first-order chi connectivity index (χ1) is 13.0. The second-order valence-corrected chi connectivity index (χ2v) is 7.17. The van der Waals surface area contributed by atoms with Crippen LogP contribution in [0.2, 0.25) is 10.0 Å². The van der Waals surface area contributed by atoms with E-state index in [1.54, 1.807) is 30.3 Å². The fraction of sp³-hybridized carbons (Fsp3) is 0.176. The quantitative estimate of drug-likeness (QED) is 0.637. The minimum Gasteiger partial charge on any atom is -0.493 e. The number of hydrogen-bond acceptors (Lipinski definition) is 6. The Hall–Kier alpha value is -2.29. The van der Waals surface area contributed by atoms with Crippen molar-refractivity contribution in [1.29, 1.82) is 0 Å². The number of anilines is 1. The third-order valence-electron chi connectivity index (χ3n) is 3.64. The Kier molecular flexibility index (Phi) is 5.88. The maximum atomic E-state index is 12.7. The average molecular weight is 428 g/mol. The molecular formula is C17H15Cl2N3O4S. The molecule has 27 heavy (non-hydrogen) atoms. The molecule has 1 N–H and O–H groups in total. The van der Waals surface area contributed by atoms with Gasteiger partial charge in [-0.25, -0.2) is 14.2 Å². The number of nitrogens with one attached hydrogen (secondary N) is 1. The number of nitrogens with zero attached hydrogens (tertiary/aromatic N) is 2. The van der Waals surface area contributed by atoms with Crippen molar-refractivity contribution in [3.63, 3.8) is 0 Å². The molecule has 0 saturated carbocycles. The first-order valence-electron chi connectivity index (χ1n) is 7.58. The highest BCUT2D eigenvalue weighted by Gasteiger charge is 2.17. The van der Waals surface area contributed by atoms with Crippen LogP contribution in [0.5, 0.6) is 17.4 Å². The van der Waals surface area contributed by atoms with Crippen LogP contribution in [0.4, 0.5) is 5.82 Å². The predicted molar refractivity (Wildman–Crippen MR) is 106 cm³/mol. The van der Waals surface area contributed by atoms with E-state index in [4.69, 9.17) is 37.4 Å². The summed E-state index contributed by atoms with van der Waals surface area (Å²) in [4.78, 5) is 9.15. The molecule has 3 aromatic rings. The summed E-state index contributed by atoms with van der Waals surface area (Å²) in [7, 11) is 2.77. The van der Waals surface area contributed by atoms with E-state index in [-0.39, 0.29) is 16.7 Å². The molecule has 1 atom stereocenters. The third-order valence-corrected chi connectivity index (χ3v) is 5.69. The summed E-state index contributed by atoms with van der Waals surface area (Å²) >= 11 is 12.1. The van der Waals surface area contributed by atoms with Gasteiger partial charge in [-0.1, -0.05) is 29.3 Å². The monoisotopic (exact) mass is 427 g/mol. The maximum Gasteiger partial charge on any atom is 0.258 e. The smallest absolute Gasteiger partial charge is 0.258 e. The first-order valence-corrected chi connectivity index (χ1v) is 9.49. The number of halogens is 2. The molecule has 0 bridgehead atoms. The number of fused-ring (bicyclic) bond motifs is 1. The number of aromatic nitrogens is 2. The second kappa shape index (κ2) is 8.16. The molecular weight excluding hydrogens is 413 g/mol. The molecule has 7 nitrogen and oxygen atoms in total. The van der Waals surface area contributed by atoms with E-state index >= 15 is 0 Å². The summed E-state index contributed by atoms with van der Waals surface area (Å²) in [5.41, 5.74) is 1.03. The summed E-state index contributed by atoms with van der Waals surface area (Å²) < 4.78 is 31.3. The largest absolute Gasteiger partial charge is 0.493 e. The van der Waals surface area contributed by atoms with Crippen molar-refractivity contribution in [2.75, 3.05) is 26.1 Å². The van der Waals surface area contributed by atoms with Crippen LogP contribution >= 0.6 is 23.2 Å². The van der Waals surface area contributed by atoms with Crippen LogP contribution in [0.25, 0.3) is 11.0 Å². The van der Waals surface area contributed by atoms with Gasteiger partial charge in [0, 0.05) is 12.1 Å². The molecule has 0 radical (unpaired) electrons. The van der Waals surface area contributed by atoms with Crippen LogP contribution in [0.1, 0.15) is 0 Å². The zero-order chi connectivity index (χ0) is 19.6. The summed E-state index contributed by atoms with van der Waals surface area (Å²) in [5.74, 6) is 1.36. The molecule has 0 aliphatic rings. The van der Waals surface area contributed by atoms with Crippen LogP contribution in [-0.4, -0.2) is 35.5 Å². The van der Waals surface area contributed by atoms with Crippen molar-refractivity contribution in [2.45, 2.75) is 4.90 Å². The average Bonchev–Trinajstić information content (AvgIpc) is 2.68. The van der Waals surface area contributed by atoms with Crippen molar-refractivity contribution in [1.82, 2.24) is 9.97 Å². The Balaban J connectivity index is 2.05. The summed E-state index contributed by atoms with van der Waals surface area (Å²) in [6, 6.07) is 8.22. The van der Waals surface area contributed by atoms with E-state index in [0.29, 0.717) is 32.5 Å². The number of ether oxygens (including phenoxy) is 3. The molecule has 0 amide bonds. The van der Waals surface area contributed by atoms with Gasteiger partial charge in [-0.3, -0.25) is 4.72 Å². The fourth-order valence-electron chi connectivity index (χ4n) is 2.35. The lowest BCUT2D eigenvalue weighted by atomic mass is 10.2. The van der Waals surface area contributed by atoms with E-state index in [1.807, 2.05) is 0 Å². The number of benzene rings is 2. The van der Waals surface area contributed by atoms with Crippen molar-refractivity contribution in [3.05, 3.63) is 40.4 Å². The third kappa shape index (κ3) is 3.87. The zero-order valence-corrected chi connectivity index (χ0v) is 16.9. The van der Waals surface area contributed by atoms with Crippen LogP contribution in [0.3, 0.4) is 0 Å². The van der Waals surface area contributed by atoms with Crippen molar-refractivity contribution in [3.8, 4) is 17.4 Å². The van der Waals surface area contributed by atoms with Gasteiger partial charge in [0.05, 0.1) is 47.3 Å². The normalized spacial score (nSPS) is 11.9. The van der Waals surface area contributed by atoms with Gasteiger partial charge in [-0.05, 0) is 12.1 Å². The van der Waals surface area contributed by atoms with E-state index in [9.17, 15) is 4.21 Å². The van der Waals surface area contributed by atoms with Crippen molar-refractivity contribution in [2.24, 2.45) is 0 Å². The molecule has 2 aromatic carbocycles. The molecule has 0 aliphatic carbocycles. The van der Waals surface area contributed by atoms with E-state index < -0.39 is 11.0 Å². The number of hydrogen-bond donors (Lipinski definition) is 1. The SMILES string of the molecule is COc1cc2nc(NS(=O)c3cccc(Cl)c3Cl)c(OC)nc2cc1OC. The Morgan fingerprint density at radius 2 is 1.59 bits per heavy atom. The van der Waals surface area contributed by atoms with Gasteiger partial charge in [-0.2, -0.15) is 0 Å². The number of methoxy groups -OCH3 is 3. The maximum absolute atomic E-state index is 12.7. The molecule has 0 saturated heterocycles. The Labute approximate surface area is 168 Å². The fourth-order valence-corrected chi connectivity index (χ4v) is 3.81. The Morgan fingerprint density at radius 3 is 2.19 bits per heavy atom. The summed E-state index contributed by atoms with van der Waals surface area (Å²) in [6.45, 7) is 0. The lowest BCUT2D eigenvalue weighted by molar-refractivity contribution is 0.355. The molecule has 0 fully saturated rings. The molecule has 1 unspecified atom stereocenters. The highest BCUT2D eigenvalue weighted by molar-refractivity contribution is 7.86. The van der Waals surface area contributed by atoms with Gasteiger partial charge in [0.2, 0.25) is 5.82 Å². The number of rotatable bonds is 6. The molecule has 1 aromatic heterocycles. The van der Waals surface area contributed by atoms with E-state index in [0.717, 1.165) is 0 Å². The van der Waals surface area contributed by atoms with Crippen LogP contribution in [0.15, 0.2) is 35.2 Å². The van der Waals surface area contributed by atoms with Gasteiger partial charge in [0.25, 0.3) is 5.88 Å². The van der Waals surface area contributed by atoms with E-state index in [1.165, 1.54) is 21.3 Å². The van der Waals surface area contributed by atoms with Gasteiger partial charge in [0.15, 0.2) is 22.5 Å². The second-order valence-electron chi connectivity index (χ2n) is 5.20. The minimum atomic E-state index is -1.73. The lowest BCUT2D eigenvalue weighted by Crippen LogP contribution is -2.09. The van der Waals surface area contributed by atoms with Crippen LogP contribution < -0.4 is 18.9 Å². The highest BCUT2D eigenvalue weighted by Crippen LogP contribution is 2.34. The Morgan fingerprint density at radius 1 is 0.963 bits per heavy atom. The zero-order valence-electron chi connectivity index (χ0n) is 14.6. The van der Waals surface area contributed by atoms with E-state index in [2.05, 4.69) is 14.7 Å². The minimum absolute atomic E-state index is 0.168. The molecule has 0 aliphatic heterocycles. The predicted octanol–water partition coefficient (Wildman–Crippen LogP) is 4.10. The van der Waals surface area contributed by atoms with Gasteiger partial charge < -0.3 is 14.2 Å². The molecule has 0 spiro atoms. The standard InChI is InChI=1S/C17H15Cl2N3O4S/c1-24-12-7-10-11(8-13(12)25-2)21-17(26-3)16(20-10)22-27(23)14-6-4-5-9(18)15(14)19/h4-8H,1-3H3,(H,20,22). The van der Waals surface area contributed by atoms with Crippen LogP contribution in [0, 0.1) is 0 Å². The molecule has 3 rings (SSSR count). The first kappa shape index (κ1) is 19.5.